The Bertz CT molecular complexity index is 2340. The molecule has 4 aromatic rings. The first-order chi connectivity index (χ1) is 29.3. The lowest BCUT2D eigenvalue weighted by Crippen LogP contribution is -2.49. The van der Waals surface area contributed by atoms with Crippen LogP contribution < -0.4 is 27.4 Å². The lowest BCUT2D eigenvalue weighted by Gasteiger charge is -2.44. The number of benzene rings is 2. The first-order valence-corrected chi connectivity index (χ1v) is 21.5. The highest BCUT2D eigenvalue weighted by atomic mass is 16.5. The Balaban J connectivity index is 0.828. The van der Waals surface area contributed by atoms with Crippen LogP contribution in [0.1, 0.15) is 85.1 Å². The van der Waals surface area contributed by atoms with Crippen molar-refractivity contribution < 1.29 is 24.2 Å². The van der Waals surface area contributed by atoms with Gasteiger partial charge in [-0.15, -0.1) is 0 Å². The zero-order valence-corrected chi connectivity index (χ0v) is 35.3. The van der Waals surface area contributed by atoms with Crippen molar-refractivity contribution in [2.45, 2.75) is 77.2 Å². The Labute approximate surface area is 356 Å². The molecule has 4 aliphatic rings. The highest BCUT2D eigenvalue weighted by Crippen LogP contribution is 2.35. The Hall–Kier alpha value is -6.06. The number of carbonyl (C=O) groups excluding carboxylic acids is 3. The number of rotatable bonds is 9. The van der Waals surface area contributed by atoms with E-state index in [2.05, 4.69) is 39.7 Å². The summed E-state index contributed by atoms with van der Waals surface area (Å²) in [7, 11) is 0. The number of aromatic nitrogens is 2. The van der Waals surface area contributed by atoms with Crippen LogP contribution in [0.2, 0.25) is 0 Å². The Morgan fingerprint density at radius 3 is 2.38 bits per heavy atom. The molecule has 4 aliphatic heterocycles. The molecular formula is C46H58N10O5. The predicted octanol–water partition coefficient (Wildman–Crippen LogP) is 4.92. The largest absolute Gasteiger partial charge is 0.507 e. The third kappa shape index (κ3) is 8.75. The van der Waals surface area contributed by atoms with E-state index in [1.807, 2.05) is 42.2 Å². The molecule has 3 unspecified atom stereocenters. The SMILES string of the molecule is Cc1cn(C2CCN(CC3CCN(C(=O)c4ccc(C5CN(C(/C=C(\N)c6ccccc6O)=C(N)N)C(C)C(C)O5)cc4)CC3)CC2)c2ncc(N3CCC(=O)NC3=O)cc12. The van der Waals surface area contributed by atoms with Crippen molar-refractivity contribution in [3.8, 4) is 5.75 Å². The van der Waals surface area contributed by atoms with Gasteiger partial charge in [0.25, 0.3) is 5.91 Å². The van der Waals surface area contributed by atoms with Gasteiger partial charge in [0.15, 0.2) is 0 Å². The second-order valence-corrected chi connectivity index (χ2v) is 17.1. The maximum Gasteiger partial charge on any atom is 0.328 e. The third-order valence-electron chi connectivity index (χ3n) is 13.1. The summed E-state index contributed by atoms with van der Waals surface area (Å²) in [5.41, 5.74) is 24.6. The zero-order chi connectivity index (χ0) is 42.9. The summed E-state index contributed by atoms with van der Waals surface area (Å²) >= 11 is 0. The monoisotopic (exact) mass is 830 g/mol. The number of likely N-dealkylation sites (tertiary alicyclic amines) is 2. The van der Waals surface area contributed by atoms with Crippen molar-refractivity contribution in [3.63, 3.8) is 0 Å². The zero-order valence-electron chi connectivity index (χ0n) is 35.3. The second kappa shape index (κ2) is 17.5. The third-order valence-corrected chi connectivity index (χ3v) is 13.1. The van der Waals surface area contributed by atoms with Crippen LogP contribution >= 0.6 is 0 Å². The van der Waals surface area contributed by atoms with E-state index in [9.17, 15) is 19.5 Å². The number of morpholine rings is 1. The number of aryl methyl sites for hydroxylation is 1. The van der Waals surface area contributed by atoms with Crippen molar-refractivity contribution in [3.05, 3.63) is 107 Å². The molecule has 0 spiro atoms. The first kappa shape index (κ1) is 41.7. The molecule has 8 rings (SSSR count). The lowest BCUT2D eigenvalue weighted by atomic mass is 9.94. The normalized spacial score (nSPS) is 22.4. The molecule has 4 amide bonds. The van der Waals surface area contributed by atoms with Gasteiger partial charge in [-0.25, -0.2) is 9.78 Å². The summed E-state index contributed by atoms with van der Waals surface area (Å²) in [5, 5.41) is 13.8. The molecule has 0 aliphatic carbocycles. The van der Waals surface area contributed by atoms with Crippen LogP contribution in [0.25, 0.3) is 16.7 Å². The molecule has 4 fully saturated rings. The van der Waals surface area contributed by atoms with Crippen LogP contribution in [0.5, 0.6) is 5.75 Å². The maximum absolute atomic E-state index is 13.7. The molecule has 0 radical (unpaired) electrons. The number of imide groups is 1. The van der Waals surface area contributed by atoms with E-state index in [0.29, 0.717) is 53.3 Å². The number of phenolic OH excluding ortho intramolecular Hbond substituents is 1. The van der Waals surface area contributed by atoms with Crippen molar-refractivity contribution in [1.82, 2.24) is 29.6 Å². The number of nitrogens with one attached hydrogen (secondary N) is 1. The molecule has 3 atom stereocenters. The number of nitrogens with two attached hydrogens (primary N) is 3. The molecule has 15 heteroatoms. The first-order valence-electron chi connectivity index (χ1n) is 21.5. The van der Waals surface area contributed by atoms with E-state index in [0.717, 1.165) is 80.6 Å². The highest BCUT2D eigenvalue weighted by Gasteiger charge is 2.35. The molecule has 2 aromatic heterocycles. The molecule has 4 saturated heterocycles. The second-order valence-electron chi connectivity index (χ2n) is 17.1. The number of ether oxygens (including phenoxy) is 1. The molecule has 61 heavy (non-hydrogen) atoms. The topological polar surface area (TPSA) is 202 Å². The van der Waals surface area contributed by atoms with Gasteiger partial charge in [0, 0.05) is 86.7 Å². The standard InChI is InChI=1S/C46H58N10O5/c1-28-25-56(44-37(28)22-35(24-50-44)54-21-16-42(58)51-46(54)60)34-14-17-52(18-15-34)26-31-12-19-53(20-13-31)45(59)33-10-8-32(9-11-33)41-27-55(29(2)30(3)61-41)39(43(48)49)23-38(47)36-6-4-5-7-40(36)57/h4-11,22-25,29-31,34,41,57H,12-21,26-27,47-49H2,1-3H3,(H,51,58,60)/b38-23-. The van der Waals surface area contributed by atoms with E-state index < -0.39 is 6.03 Å². The number of para-hydroxylation sites is 1. The van der Waals surface area contributed by atoms with Crippen molar-refractivity contribution in [2.24, 2.45) is 23.1 Å². The molecule has 6 heterocycles. The Kier molecular flexibility index (Phi) is 12.0. The summed E-state index contributed by atoms with van der Waals surface area (Å²) in [6.45, 7) is 11.5. The number of nitrogens with zero attached hydrogens (tertiary/aromatic N) is 6. The molecule has 322 valence electrons. The quantitative estimate of drug-likeness (QED) is 0.143. The van der Waals surface area contributed by atoms with Gasteiger partial charge in [0.2, 0.25) is 5.91 Å². The molecule has 0 bridgehead atoms. The molecule has 0 saturated carbocycles. The molecular weight excluding hydrogens is 773 g/mol. The van der Waals surface area contributed by atoms with E-state index >= 15 is 0 Å². The van der Waals surface area contributed by atoms with Crippen LogP contribution in [0.4, 0.5) is 10.5 Å². The van der Waals surface area contributed by atoms with Gasteiger partial charge in [-0.1, -0.05) is 24.3 Å². The fraction of sp³-hybridized carbons (Fsp3) is 0.435. The summed E-state index contributed by atoms with van der Waals surface area (Å²) in [5.74, 6) is 0.530. The fourth-order valence-corrected chi connectivity index (χ4v) is 9.40. The fourth-order valence-electron chi connectivity index (χ4n) is 9.40. The number of phenols is 1. The molecule has 8 N–H and O–H groups in total. The van der Waals surface area contributed by atoms with Crippen molar-refractivity contribution in [1.29, 1.82) is 0 Å². The van der Waals surface area contributed by atoms with Crippen LogP contribution in [0, 0.1) is 12.8 Å². The van der Waals surface area contributed by atoms with Gasteiger partial charge < -0.3 is 46.3 Å². The number of allylic oxidation sites excluding steroid dienone is 1. The van der Waals surface area contributed by atoms with Gasteiger partial charge in [0.05, 0.1) is 29.7 Å². The number of hydrogen-bond acceptors (Lipinski definition) is 11. The summed E-state index contributed by atoms with van der Waals surface area (Å²) in [6, 6.07) is 16.5. The highest BCUT2D eigenvalue weighted by molar-refractivity contribution is 6.06. The smallest absolute Gasteiger partial charge is 0.328 e. The predicted molar refractivity (Wildman–Crippen MR) is 235 cm³/mol. The Morgan fingerprint density at radius 2 is 1.69 bits per heavy atom. The molecule has 15 nitrogen and oxygen atoms in total. The minimum Gasteiger partial charge on any atom is -0.507 e. The van der Waals surface area contributed by atoms with Gasteiger partial charge in [-0.3, -0.25) is 19.8 Å². The summed E-state index contributed by atoms with van der Waals surface area (Å²) in [4.78, 5) is 50.8. The number of piperidine rings is 2. The average molecular weight is 831 g/mol. The van der Waals surface area contributed by atoms with Gasteiger partial charge >= 0.3 is 6.03 Å². The Morgan fingerprint density at radius 1 is 0.967 bits per heavy atom. The van der Waals surface area contributed by atoms with Gasteiger partial charge in [-0.05, 0) is 99.9 Å². The van der Waals surface area contributed by atoms with Gasteiger partial charge in [0.1, 0.15) is 23.3 Å². The number of anilines is 1. The van der Waals surface area contributed by atoms with Crippen LogP contribution in [0.3, 0.4) is 0 Å². The number of aromatic hydroxyl groups is 1. The number of amides is 4. The number of urea groups is 1. The van der Waals surface area contributed by atoms with E-state index in [1.54, 1.807) is 41.4 Å². The number of carbonyl (C=O) groups is 3. The lowest BCUT2D eigenvalue weighted by molar-refractivity contribution is -0.120. The minimum atomic E-state index is -0.402. The molecule has 2 aromatic carbocycles. The van der Waals surface area contributed by atoms with Crippen LogP contribution in [-0.2, 0) is 9.53 Å². The van der Waals surface area contributed by atoms with E-state index in [-0.39, 0.29) is 48.1 Å². The van der Waals surface area contributed by atoms with E-state index in [4.69, 9.17) is 26.9 Å². The summed E-state index contributed by atoms with van der Waals surface area (Å²) in [6.07, 6.45) is 9.46. The van der Waals surface area contributed by atoms with Crippen molar-refractivity contribution in [2.75, 3.05) is 50.7 Å². The van der Waals surface area contributed by atoms with Gasteiger partial charge in [-0.2, -0.15) is 0 Å². The number of fused-ring (bicyclic) bond motifs is 1. The average Bonchev–Trinajstić information content (AvgIpc) is 3.59. The minimum absolute atomic E-state index is 0.0502. The van der Waals surface area contributed by atoms with Crippen molar-refractivity contribution >= 4 is 40.3 Å². The van der Waals surface area contributed by atoms with E-state index in [1.165, 1.54) is 0 Å². The number of hydrogen-bond donors (Lipinski definition) is 5. The van der Waals surface area contributed by atoms with Crippen LogP contribution in [-0.4, -0.2) is 105 Å². The summed E-state index contributed by atoms with van der Waals surface area (Å²) < 4.78 is 8.76. The maximum atomic E-state index is 13.7. The van der Waals surface area contributed by atoms with Crippen LogP contribution in [0.15, 0.2) is 84.6 Å². The number of pyridine rings is 1.